The smallest absolute Gasteiger partial charge is 0.306 e. The van der Waals surface area contributed by atoms with E-state index in [9.17, 15) is 14.4 Å². The fourth-order valence-electron chi connectivity index (χ4n) is 9.15. The number of hydrogen-bond donors (Lipinski definition) is 0. The zero-order chi connectivity index (χ0) is 47.2. The van der Waals surface area contributed by atoms with Crippen molar-refractivity contribution >= 4 is 17.9 Å². The summed E-state index contributed by atoms with van der Waals surface area (Å²) in [5, 5.41) is 0. The molecule has 6 heteroatoms. The van der Waals surface area contributed by atoms with E-state index in [4.69, 9.17) is 14.2 Å². The summed E-state index contributed by atoms with van der Waals surface area (Å²) in [5.74, 6) is -0.830. The lowest BCUT2D eigenvalue weighted by Crippen LogP contribution is -2.30. The van der Waals surface area contributed by atoms with Crippen molar-refractivity contribution in [1.82, 2.24) is 0 Å². The summed E-state index contributed by atoms with van der Waals surface area (Å²) < 4.78 is 16.9. The van der Waals surface area contributed by atoms with E-state index in [2.05, 4.69) is 20.8 Å². The molecule has 0 rings (SSSR count). The van der Waals surface area contributed by atoms with E-state index in [-0.39, 0.29) is 31.1 Å². The van der Waals surface area contributed by atoms with Crippen LogP contribution in [0.2, 0.25) is 0 Å². The van der Waals surface area contributed by atoms with Gasteiger partial charge in [-0.2, -0.15) is 0 Å². The minimum absolute atomic E-state index is 0.0609. The van der Waals surface area contributed by atoms with Gasteiger partial charge in [0.05, 0.1) is 0 Å². The molecule has 0 bridgehead atoms. The number of hydrogen-bond acceptors (Lipinski definition) is 6. The van der Waals surface area contributed by atoms with Gasteiger partial charge in [-0.3, -0.25) is 14.4 Å². The highest BCUT2D eigenvalue weighted by Gasteiger charge is 2.19. The summed E-state index contributed by atoms with van der Waals surface area (Å²) in [6, 6.07) is 0. The van der Waals surface area contributed by atoms with Gasteiger partial charge in [-0.1, -0.05) is 303 Å². The van der Waals surface area contributed by atoms with E-state index in [1.807, 2.05) is 0 Å². The van der Waals surface area contributed by atoms with Crippen molar-refractivity contribution in [2.45, 2.75) is 348 Å². The largest absolute Gasteiger partial charge is 0.462 e. The maximum absolute atomic E-state index is 12.9. The summed E-state index contributed by atoms with van der Waals surface area (Å²) in [6.45, 7) is 6.71. The molecule has 0 N–H and O–H groups in total. The van der Waals surface area contributed by atoms with E-state index in [0.29, 0.717) is 19.3 Å². The molecule has 0 aromatic carbocycles. The molecule has 0 fully saturated rings. The summed E-state index contributed by atoms with van der Waals surface area (Å²) in [6.07, 6.45) is 60.9. The Hall–Kier alpha value is -1.59. The van der Waals surface area contributed by atoms with Crippen LogP contribution < -0.4 is 0 Å². The predicted octanol–water partition coefficient (Wildman–Crippen LogP) is 19.5. The number of ether oxygens (including phenoxy) is 3. The molecular formula is C59H114O6. The van der Waals surface area contributed by atoms with Gasteiger partial charge in [0.15, 0.2) is 6.10 Å². The van der Waals surface area contributed by atoms with Gasteiger partial charge in [0, 0.05) is 19.3 Å². The van der Waals surface area contributed by atoms with Crippen LogP contribution in [0.25, 0.3) is 0 Å². The highest BCUT2D eigenvalue weighted by molar-refractivity contribution is 5.71. The van der Waals surface area contributed by atoms with Crippen molar-refractivity contribution in [1.29, 1.82) is 0 Å². The summed E-state index contributed by atoms with van der Waals surface area (Å²) in [4.78, 5) is 38.1. The van der Waals surface area contributed by atoms with Crippen LogP contribution in [0.15, 0.2) is 0 Å². The Kier molecular flexibility index (Phi) is 53.7. The SMILES string of the molecule is CCCCCCCCCCCCCCCCCCCCC(=O)O[C@@H](COC(=O)CCCCCCCCCCCCCCCC)COC(=O)CCCCCCCCCCCCCCCCC. The molecule has 0 unspecified atom stereocenters. The van der Waals surface area contributed by atoms with Crippen molar-refractivity contribution in [3.63, 3.8) is 0 Å². The van der Waals surface area contributed by atoms with Gasteiger partial charge in [-0.15, -0.1) is 0 Å². The van der Waals surface area contributed by atoms with Crippen molar-refractivity contribution in [2.75, 3.05) is 13.2 Å². The Balaban J connectivity index is 4.28. The van der Waals surface area contributed by atoms with Gasteiger partial charge in [0.1, 0.15) is 13.2 Å². The van der Waals surface area contributed by atoms with Crippen LogP contribution in [-0.4, -0.2) is 37.2 Å². The first kappa shape index (κ1) is 63.4. The fraction of sp³-hybridized carbons (Fsp3) is 0.949. The van der Waals surface area contributed by atoms with Crippen LogP contribution in [-0.2, 0) is 28.6 Å². The Morgan fingerprint density at radius 1 is 0.246 bits per heavy atom. The third-order valence-corrected chi connectivity index (χ3v) is 13.6. The van der Waals surface area contributed by atoms with Crippen LogP contribution in [0.3, 0.4) is 0 Å². The van der Waals surface area contributed by atoms with Gasteiger partial charge in [0.2, 0.25) is 0 Å². The third kappa shape index (κ3) is 53.2. The maximum Gasteiger partial charge on any atom is 0.306 e. The van der Waals surface area contributed by atoms with Crippen LogP contribution in [0.4, 0.5) is 0 Å². The minimum atomic E-state index is -0.761. The molecule has 0 aromatic heterocycles. The second-order valence-electron chi connectivity index (χ2n) is 20.3. The first-order valence-electron chi connectivity index (χ1n) is 29.5. The fourth-order valence-corrected chi connectivity index (χ4v) is 9.15. The standard InChI is InChI=1S/C59H114O6/c1-4-7-10-13-16-19-22-25-28-29-30-32-35-38-41-44-47-50-53-59(62)65-56(54-63-57(60)51-48-45-42-39-36-33-27-24-21-18-15-12-9-6-3)55-64-58(61)52-49-46-43-40-37-34-31-26-23-20-17-14-11-8-5-2/h56H,4-55H2,1-3H3/t56-/m0/s1. The predicted molar refractivity (Wildman–Crippen MR) is 280 cm³/mol. The Morgan fingerprint density at radius 3 is 0.615 bits per heavy atom. The molecule has 65 heavy (non-hydrogen) atoms. The minimum Gasteiger partial charge on any atom is -0.462 e. The molecule has 6 nitrogen and oxygen atoms in total. The zero-order valence-electron chi connectivity index (χ0n) is 44.3. The molecule has 0 heterocycles. The van der Waals surface area contributed by atoms with Crippen LogP contribution in [0.5, 0.6) is 0 Å². The van der Waals surface area contributed by atoms with Gasteiger partial charge in [-0.05, 0) is 19.3 Å². The highest BCUT2D eigenvalue weighted by Crippen LogP contribution is 2.18. The molecule has 0 aliphatic carbocycles. The van der Waals surface area contributed by atoms with E-state index in [0.717, 1.165) is 57.8 Å². The average Bonchev–Trinajstić information content (AvgIpc) is 3.30. The van der Waals surface area contributed by atoms with Crippen LogP contribution in [0.1, 0.15) is 342 Å². The molecule has 0 aliphatic rings. The quantitative estimate of drug-likeness (QED) is 0.0344. The van der Waals surface area contributed by atoms with Gasteiger partial charge in [0.25, 0.3) is 0 Å². The first-order chi connectivity index (χ1) is 32.0. The van der Waals surface area contributed by atoms with Crippen molar-refractivity contribution in [3.8, 4) is 0 Å². The molecule has 0 aliphatic heterocycles. The molecule has 1 atom stereocenters. The van der Waals surface area contributed by atoms with Gasteiger partial charge >= 0.3 is 17.9 Å². The Morgan fingerprint density at radius 2 is 0.415 bits per heavy atom. The molecule has 0 radical (unpaired) electrons. The summed E-state index contributed by atoms with van der Waals surface area (Å²) >= 11 is 0. The molecule has 0 spiro atoms. The normalized spacial score (nSPS) is 11.9. The summed E-state index contributed by atoms with van der Waals surface area (Å²) in [7, 11) is 0. The van der Waals surface area contributed by atoms with E-state index >= 15 is 0 Å². The number of esters is 3. The number of unbranched alkanes of at least 4 members (excludes halogenated alkanes) is 44. The van der Waals surface area contributed by atoms with Gasteiger partial charge in [-0.25, -0.2) is 0 Å². The molecule has 0 aromatic rings. The molecule has 0 saturated heterocycles. The Bertz CT molecular complexity index is 967. The van der Waals surface area contributed by atoms with Crippen molar-refractivity contribution in [2.24, 2.45) is 0 Å². The average molecular weight is 920 g/mol. The number of carbonyl (C=O) groups is 3. The van der Waals surface area contributed by atoms with Crippen LogP contribution in [0, 0.1) is 0 Å². The third-order valence-electron chi connectivity index (χ3n) is 13.6. The summed E-state index contributed by atoms with van der Waals surface area (Å²) in [5.41, 5.74) is 0. The lowest BCUT2D eigenvalue weighted by atomic mass is 10.0. The molecule has 0 saturated carbocycles. The maximum atomic E-state index is 12.9. The van der Waals surface area contributed by atoms with Crippen molar-refractivity contribution < 1.29 is 28.6 Å². The number of carbonyl (C=O) groups excluding carboxylic acids is 3. The lowest BCUT2D eigenvalue weighted by Gasteiger charge is -2.18. The Labute approximate surface area is 406 Å². The molecule has 0 amide bonds. The van der Waals surface area contributed by atoms with E-state index in [1.165, 1.54) is 244 Å². The first-order valence-corrected chi connectivity index (χ1v) is 29.5. The zero-order valence-corrected chi connectivity index (χ0v) is 44.3. The lowest BCUT2D eigenvalue weighted by molar-refractivity contribution is -0.167. The number of rotatable bonds is 55. The highest BCUT2D eigenvalue weighted by atomic mass is 16.6. The molecule has 386 valence electrons. The second kappa shape index (κ2) is 55.0. The van der Waals surface area contributed by atoms with E-state index < -0.39 is 6.10 Å². The topological polar surface area (TPSA) is 78.9 Å². The monoisotopic (exact) mass is 919 g/mol. The van der Waals surface area contributed by atoms with Crippen LogP contribution >= 0.6 is 0 Å². The molecular weight excluding hydrogens is 805 g/mol. The van der Waals surface area contributed by atoms with Crippen molar-refractivity contribution in [3.05, 3.63) is 0 Å². The van der Waals surface area contributed by atoms with Gasteiger partial charge < -0.3 is 14.2 Å². The second-order valence-corrected chi connectivity index (χ2v) is 20.3. The van der Waals surface area contributed by atoms with E-state index in [1.54, 1.807) is 0 Å².